The summed E-state index contributed by atoms with van der Waals surface area (Å²) in [5, 5.41) is 11.8. The van der Waals surface area contributed by atoms with Gasteiger partial charge in [-0.1, -0.05) is 18.2 Å². The van der Waals surface area contributed by atoms with Crippen molar-refractivity contribution in [3.05, 3.63) is 42.1 Å². The van der Waals surface area contributed by atoms with Gasteiger partial charge in [-0.3, -0.25) is 4.98 Å². The summed E-state index contributed by atoms with van der Waals surface area (Å²) in [6.45, 7) is 0.285. The first-order valence-electron chi connectivity index (χ1n) is 4.56. The Balaban J connectivity index is 2.26. The number of para-hydroxylation sites is 1. The second kappa shape index (κ2) is 3.96. The van der Waals surface area contributed by atoms with Crippen molar-refractivity contribution in [2.45, 2.75) is 6.54 Å². The van der Waals surface area contributed by atoms with E-state index < -0.39 is 6.09 Å². The highest BCUT2D eigenvalue weighted by Gasteiger charge is 1.99. The van der Waals surface area contributed by atoms with Crippen LogP contribution in [0, 0.1) is 0 Å². The number of aromatic nitrogens is 1. The Kier molecular flexibility index (Phi) is 2.49. The summed E-state index contributed by atoms with van der Waals surface area (Å²) in [7, 11) is 0. The standard InChI is InChI=1S/C11H10N2O2/c14-11(15)13-7-8-5-9-3-1-2-4-10(9)12-6-8/h1-6,13H,7H2,(H,14,15). The van der Waals surface area contributed by atoms with Crippen molar-refractivity contribution in [1.29, 1.82) is 0 Å². The van der Waals surface area contributed by atoms with Crippen LogP contribution in [0.15, 0.2) is 36.5 Å². The van der Waals surface area contributed by atoms with Crippen LogP contribution in [-0.4, -0.2) is 16.2 Å². The predicted molar refractivity (Wildman–Crippen MR) is 56.6 cm³/mol. The number of fused-ring (bicyclic) bond motifs is 1. The van der Waals surface area contributed by atoms with Gasteiger partial charge in [0.15, 0.2) is 0 Å². The quantitative estimate of drug-likeness (QED) is 0.782. The summed E-state index contributed by atoms with van der Waals surface area (Å²) in [5.74, 6) is 0. The number of amides is 1. The van der Waals surface area contributed by atoms with E-state index in [2.05, 4.69) is 10.3 Å². The molecule has 0 aliphatic heterocycles. The number of carbonyl (C=O) groups is 1. The highest BCUT2D eigenvalue weighted by molar-refractivity contribution is 5.78. The molecule has 0 aliphatic carbocycles. The molecule has 0 bridgehead atoms. The van der Waals surface area contributed by atoms with E-state index in [9.17, 15) is 4.79 Å². The summed E-state index contributed by atoms with van der Waals surface area (Å²) >= 11 is 0. The summed E-state index contributed by atoms with van der Waals surface area (Å²) in [6.07, 6.45) is 0.654. The van der Waals surface area contributed by atoms with Crippen LogP contribution in [0.5, 0.6) is 0 Å². The summed E-state index contributed by atoms with van der Waals surface area (Å²) < 4.78 is 0. The molecule has 1 aromatic carbocycles. The fourth-order valence-corrected chi connectivity index (χ4v) is 1.39. The van der Waals surface area contributed by atoms with Crippen molar-refractivity contribution in [2.24, 2.45) is 0 Å². The van der Waals surface area contributed by atoms with E-state index in [1.54, 1.807) is 6.20 Å². The molecule has 1 heterocycles. The molecule has 0 saturated heterocycles. The smallest absolute Gasteiger partial charge is 0.404 e. The van der Waals surface area contributed by atoms with Crippen molar-refractivity contribution >= 4 is 17.0 Å². The number of hydrogen-bond acceptors (Lipinski definition) is 2. The highest BCUT2D eigenvalue weighted by atomic mass is 16.4. The molecule has 4 heteroatoms. The topological polar surface area (TPSA) is 62.2 Å². The van der Waals surface area contributed by atoms with E-state index in [1.807, 2.05) is 30.3 Å². The Morgan fingerprint density at radius 3 is 3.00 bits per heavy atom. The van der Waals surface area contributed by atoms with Crippen LogP contribution in [0.4, 0.5) is 4.79 Å². The van der Waals surface area contributed by atoms with Crippen LogP contribution in [0.2, 0.25) is 0 Å². The fraction of sp³-hybridized carbons (Fsp3) is 0.0909. The van der Waals surface area contributed by atoms with Gasteiger partial charge in [-0.25, -0.2) is 4.79 Å². The molecule has 0 atom stereocenters. The number of nitrogens with one attached hydrogen (secondary N) is 1. The number of rotatable bonds is 2. The van der Waals surface area contributed by atoms with E-state index >= 15 is 0 Å². The minimum Gasteiger partial charge on any atom is -0.465 e. The largest absolute Gasteiger partial charge is 0.465 e. The van der Waals surface area contributed by atoms with Crippen molar-refractivity contribution in [3.8, 4) is 0 Å². The van der Waals surface area contributed by atoms with Gasteiger partial charge in [0.1, 0.15) is 0 Å². The lowest BCUT2D eigenvalue weighted by Gasteiger charge is -2.02. The minimum absolute atomic E-state index is 0.285. The monoisotopic (exact) mass is 202 g/mol. The zero-order chi connectivity index (χ0) is 10.7. The molecule has 0 unspecified atom stereocenters. The first-order chi connectivity index (χ1) is 7.25. The fourth-order valence-electron chi connectivity index (χ4n) is 1.39. The Bertz CT molecular complexity index is 497. The summed E-state index contributed by atoms with van der Waals surface area (Å²) in [6, 6.07) is 9.65. The van der Waals surface area contributed by atoms with Crippen LogP contribution in [0.1, 0.15) is 5.56 Å². The number of carboxylic acid groups (broad SMARTS) is 1. The molecule has 0 aliphatic rings. The van der Waals surface area contributed by atoms with E-state index in [4.69, 9.17) is 5.11 Å². The molecular weight excluding hydrogens is 192 g/mol. The Morgan fingerprint density at radius 1 is 1.40 bits per heavy atom. The van der Waals surface area contributed by atoms with Gasteiger partial charge >= 0.3 is 6.09 Å². The van der Waals surface area contributed by atoms with Gasteiger partial charge in [0.2, 0.25) is 0 Å². The van der Waals surface area contributed by atoms with Crippen LogP contribution in [0.3, 0.4) is 0 Å². The third-order valence-corrected chi connectivity index (χ3v) is 2.09. The molecule has 2 N–H and O–H groups in total. The molecule has 1 aromatic heterocycles. The third-order valence-electron chi connectivity index (χ3n) is 2.09. The van der Waals surface area contributed by atoms with Gasteiger partial charge in [0, 0.05) is 18.1 Å². The molecule has 0 radical (unpaired) electrons. The number of nitrogens with zero attached hydrogens (tertiary/aromatic N) is 1. The second-order valence-electron chi connectivity index (χ2n) is 3.19. The number of pyridine rings is 1. The first kappa shape index (κ1) is 9.45. The van der Waals surface area contributed by atoms with Gasteiger partial charge in [-0.15, -0.1) is 0 Å². The van der Waals surface area contributed by atoms with Gasteiger partial charge in [-0.05, 0) is 17.7 Å². The Hall–Kier alpha value is -2.10. The lowest BCUT2D eigenvalue weighted by Crippen LogP contribution is -2.19. The number of benzene rings is 1. The summed E-state index contributed by atoms with van der Waals surface area (Å²) in [5.41, 5.74) is 1.77. The van der Waals surface area contributed by atoms with E-state index in [-0.39, 0.29) is 6.54 Å². The molecule has 0 saturated carbocycles. The average Bonchev–Trinajstić information content (AvgIpc) is 2.26. The van der Waals surface area contributed by atoms with Crippen molar-refractivity contribution in [3.63, 3.8) is 0 Å². The summed E-state index contributed by atoms with van der Waals surface area (Å²) in [4.78, 5) is 14.5. The maximum Gasteiger partial charge on any atom is 0.404 e. The lowest BCUT2D eigenvalue weighted by atomic mass is 10.1. The van der Waals surface area contributed by atoms with Gasteiger partial charge in [0.25, 0.3) is 0 Å². The molecule has 4 nitrogen and oxygen atoms in total. The van der Waals surface area contributed by atoms with Crippen molar-refractivity contribution in [2.75, 3.05) is 0 Å². The SMILES string of the molecule is O=C(O)NCc1cnc2ccccc2c1. The predicted octanol–water partition coefficient (Wildman–Crippen LogP) is 2.00. The molecule has 76 valence electrons. The molecule has 0 fully saturated rings. The molecule has 0 spiro atoms. The lowest BCUT2D eigenvalue weighted by molar-refractivity contribution is 0.194. The third kappa shape index (κ3) is 2.22. The van der Waals surface area contributed by atoms with Crippen LogP contribution >= 0.6 is 0 Å². The molecule has 15 heavy (non-hydrogen) atoms. The Morgan fingerprint density at radius 2 is 2.20 bits per heavy atom. The average molecular weight is 202 g/mol. The van der Waals surface area contributed by atoms with Gasteiger partial charge < -0.3 is 10.4 Å². The Labute approximate surface area is 86.6 Å². The van der Waals surface area contributed by atoms with E-state index in [0.29, 0.717) is 0 Å². The normalized spacial score (nSPS) is 10.1. The minimum atomic E-state index is -1.02. The van der Waals surface area contributed by atoms with E-state index in [1.165, 1.54) is 0 Å². The highest BCUT2D eigenvalue weighted by Crippen LogP contribution is 2.12. The molecular formula is C11H10N2O2. The van der Waals surface area contributed by atoms with Gasteiger partial charge in [0.05, 0.1) is 5.52 Å². The van der Waals surface area contributed by atoms with Crippen molar-refractivity contribution in [1.82, 2.24) is 10.3 Å². The van der Waals surface area contributed by atoms with Gasteiger partial charge in [-0.2, -0.15) is 0 Å². The van der Waals surface area contributed by atoms with Crippen molar-refractivity contribution < 1.29 is 9.90 Å². The zero-order valence-corrected chi connectivity index (χ0v) is 7.97. The molecule has 1 amide bonds. The molecule has 2 aromatic rings. The maximum absolute atomic E-state index is 10.3. The van der Waals surface area contributed by atoms with E-state index in [0.717, 1.165) is 16.5 Å². The molecule has 2 rings (SSSR count). The maximum atomic E-state index is 10.3. The second-order valence-corrected chi connectivity index (χ2v) is 3.19. The van der Waals surface area contributed by atoms with Crippen LogP contribution in [0.25, 0.3) is 10.9 Å². The van der Waals surface area contributed by atoms with Crippen LogP contribution < -0.4 is 5.32 Å². The first-order valence-corrected chi connectivity index (χ1v) is 4.56. The number of hydrogen-bond donors (Lipinski definition) is 2. The van der Waals surface area contributed by atoms with Crippen LogP contribution in [-0.2, 0) is 6.54 Å². The zero-order valence-electron chi connectivity index (χ0n) is 7.97.